The average molecular weight is 230 g/mol. The highest BCUT2D eigenvalue weighted by Crippen LogP contribution is 2.44. The summed E-state index contributed by atoms with van der Waals surface area (Å²) in [5.41, 5.74) is 2.34. The molecule has 2 aliphatic rings. The van der Waals surface area contributed by atoms with Crippen molar-refractivity contribution in [2.75, 3.05) is 6.61 Å². The van der Waals surface area contributed by atoms with E-state index in [9.17, 15) is 4.79 Å². The molecule has 0 saturated heterocycles. The topological polar surface area (TPSA) is 26.3 Å². The molecular formula is C15H18O2. The van der Waals surface area contributed by atoms with Gasteiger partial charge in [-0.2, -0.15) is 0 Å². The summed E-state index contributed by atoms with van der Waals surface area (Å²) in [6.07, 6.45) is 8.57. The minimum Gasteiger partial charge on any atom is -0.493 e. The first-order chi connectivity index (χ1) is 8.31. The van der Waals surface area contributed by atoms with Crippen LogP contribution in [0, 0.1) is 5.41 Å². The smallest absolute Gasteiger partial charge is 0.150 e. The van der Waals surface area contributed by atoms with Crippen molar-refractivity contribution < 1.29 is 9.53 Å². The van der Waals surface area contributed by atoms with Gasteiger partial charge in [0.1, 0.15) is 12.0 Å². The molecule has 90 valence electrons. The van der Waals surface area contributed by atoms with E-state index in [-0.39, 0.29) is 0 Å². The van der Waals surface area contributed by atoms with E-state index in [0.717, 1.165) is 30.6 Å². The molecule has 0 aromatic heterocycles. The average Bonchev–Trinajstić information content (AvgIpc) is 2.39. The van der Waals surface area contributed by atoms with Crippen molar-refractivity contribution in [1.29, 1.82) is 0 Å². The fraction of sp³-hybridized carbons (Fsp3) is 0.533. The number of fused-ring (bicyclic) bond motifs is 1. The summed E-state index contributed by atoms with van der Waals surface area (Å²) in [7, 11) is 0. The molecule has 0 amide bonds. The van der Waals surface area contributed by atoms with E-state index in [0.29, 0.717) is 5.41 Å². The van der Waals surface area contributed by atoms with E-state index in [1.54, 1.807) is 0 Å². The number of hydrogen-bond donors (Lipinski definition) is 0. The quantitative estimate of drug-likeness (QED) is 0.691. The van der Waals surface area contributed by atoms with E-state index in [2.05, 4.69) is 0 Å². The maximum atomic E-state index is 10.8. The number of aldehydes is 1. The first-order valence-corrected chi connectivity index (χ1v) is 6.52. The number of rotatable bonds is 1. The van der Waals surface area contributed by atoms with Gasteiger partial charge < -0.3 is 4.74 Å². The van der Waals surface area contributed by atoms with Gasteiger partial charge in [0.25, 0.3) is 0 Å². The van der Waals surface area contributed by atoms with E-state index in [1.807, 2.05) is 18.2 Å². The van der Waals surface area contributed by atoms with E-state index in [1.165, 1.54) is 37.7 Å². The van der Waals surface area contributed by atoms with Gasteiger partial charge in [0.2, 0.25) is 0 Å². The molecule has 1 aliphatic carbocycles. The van der Waals surface area contributed by atoms with Gasteiger partial charge in [0.05, 0.1) is 6.61 Å². The summed E-state index contributed by atoms with van der Waals surface area (Å²) < 4.78 is 5.90. The highest BCUT2D eigenvalue weighted by atomic mass is 16.5. The molecule has 0 radical (unpaired) electrons. The van der Waals surface area contributed by atoms with Crippen molar-refractivity contribution in [2.45, 2.75) is 38.5 Å². The molecule has 1 aromatic carbocycles. The lowest BCUT2D eigenvalue weighted by Crippen LogP contribution is -2.36. The summed E-state index contributed by atoms with van der Waals surface area (Å²) >= 11 is 0. The standard InChI is InChI=1S/C15H18O2/c16-10-12-4-5-14-13(8-12)9-15(11-17-14)6-2-1-3-7-15/h4-5,8,10H,1-3,6-7,9,11H2. The summed E-state index contributed by atoms with van der Waals surface area (Å²) in [5.74, 6) is 0.979. The van der Waals surface area contributed by atoms with Crippen LogP contribution >= 0.6 is 0 Å². The Balaban J connectivity index is 1.90. The zero-order chi connectivity index (χ0) is 11.7. The van der Waals surface area contributed by atoms with Crippen molar-refractivity contribution in [1.82, 2.24) is 0 Å². The van der Waals surface area contributed by atoms with Crippen LogP contribution in [0.3, 0.4) is 0 Å². The SMILES string of the molecule is O=Cc1ccc2c(c1)CC1(CCCCC1)CO2. The molecule has 0 bridgehead atoms. The van der Waals surface area contributed by atoms with Crippen LogP contribution in [0.25, 0.3) is 0 Å². The van der Waals surface area contributed by atoms with Gasteiger partial charge in [0, 0.05) is 11.0 Å². The molecule has 1 spiro atoms. The molecule has 1 saturated carbocycles. The van der Waals surface area contributed by atoms with Crippen LogP contribution in [-0.2, 0) is 6.42 Å². The van der Waals surface area contributed by atoms with E-state index < -0.39 is 0 Å². The predicted octanol–water partition coefficient (Wildman–Crippen LogP) is 3.38. The lowest BCUT2D eigenvalue weighted by atomic mass is 9.70. The van der Waals surface area contributed by atoms with Crippen LogP contribution in [0.1, 0.15) is 48.0 Å². The molecule has 17 heavy (non-hydrogen) atoms. The first kappa shape index (κ1) is 10.8. The Labute approximate surface area is 102 Å². The predicted molar refractivity (Wildman–Crippen MR) is 66.5 cm³/mol. The van der Waals surface area contributed by atoms with Gasteiger partial charge in [0.15, 0.2) is 0 Å². The molecule has 0 atom stereocenters. The van der Waals surface area contributed by atoms with Gasteiger partial charge in [-0.15, -0.1) is 0 Å². The summed E-state index contributed by atoms with van der Waals surface area (Å²) in [5, 5.41) is 0. The van der Waals surface area contributed by atoms with E-state index >= 15 is 0 Å². The van der Waals surface area contributed by atoms with Crippen molar-refractivity contribution >= 4 is 6.29 Å². The van der Waals surface area contributed by atoms with Crippen LogP contribution in [0.2, 0.25) is 0 Å². The summed E-state index contributed by atoms with van der Waals surface area (Å²) in [4.78, 5) is 10.8. The molecule has 1 aliphatic heterocycles. The molecule has 2 heteroatoms. The minimum atomic E-state index is 0.354. The molecular weight excluding hydrogens is 212 g/mol. The number of benzene rings is 1. The number of hydrogen-bond acceptors (Lipinski definition) is 2. The second-order valence-corrected chi connectivity index (χ2v) is 5.51. The maximum absolute atomic E-state index is 10.8. The Morgan fingerprint density at radius 1 is 1.18 bits per heavy atom. The molecule has 3 rings (SSSR count). The second-order valence-electron chi connectivity index (χ2n) is 5.51. The maximum Gasteiger partial charge on any atom is 0.150 e. The van der Waals surface area contributed by atoms with Crippen molar-refractivity contribution in [3.63, 3.8) is 0 Å². The zero-order valence-corrected chi connectivity index (χ0v) is 10.1. The van der Waals surface area contributed by atoms with Gasteiger partial charge in [-0.3, -0.25) is 4.79 Å². The third-order valence-electron chi connectivity index (χ3n) is 4.23. The van der Waals surface area contributed by atoms with Crippen molar-refractivity contribution in [2.24, 2.45) is 5.41 Å². The third kappa shape index (κ3) is 1.97. The molecule has 1 heterocycles. The highest BCUT2D eigenvalue weighted by molar-refractivity contribution is 5.75. The second kappa shape index (κ2) is 4.17. The summed E-state index contributed by atoms with van der Waals surface area (Å²) in [6.45, 7) is 0.862. The molecule has 1 fully saturated rings. The first-order valence-electron chi connectivity index (χ1n) is 6.52. The Morgan fingerprint density at radius 2 is 2.00 bits per heavy atom. The van der Waals surface area contributed by atoms with Gasteiger partial charge in [-0.05, 0) is 43.0 Å². The van der Waals surface area contributed by atoms with Crippen LogP contribution in [-0.4, -0.2) is 12.9 Å². The summed E-state index contributed by atoms with van der Waals surface area (Å²) in [6, 6.07) is 5.78. The number of ether oxygens (including phenoxy) is 1. The van der Waals surface area contributed by atoms with Crippen LogP contribution in [0.15, 0.2) is 18.2 Å². The van der Waals surface area contributed by atoms with Crippen molar-refractivity contribution in [3.05, 3.63) is 29.3 Å². The highest BCUT2D eigenvalue weighted by Gasteiger charge is 2.36. The van der Waals surface area contributed by atoms with Crippen LogP contribution < -0.4 is 4.74 Å². The van der Waals surface area contributed by atoms with Gasteiger partial charge in [-0.1, -0.05) is 19.3 Å². The fourth-order valence-corrected chi connectivity index (χ4v) is 3.26. The Kier molecular flexibility index (Phi) is 2.65. The Hall–Kier alpha value is -1.31. The minimum absolute atomic E-state index is 0.354. The monoisotopic (exact) mass is 230 g/mol. The lowest BCUT2D eigenvalue weighted by Gasteiger charge is -2.40. The Morgan fingerprint density at radius 3 is 2.76 bits per heavy atom. The molecule has 0 unspecified atom stereocenters. The largest absolute Gasteiger partial charge is 0.493 e. The normalized spacial score (nSPS) is 21.6. The number of carbonyl (C=O) groups excluding carboxylic acids is 1. The molecule has 1 aromatic rings. The van der Waals surface area contributed by atoms with Crippen molar-refractivity contribution in [3.8, 4) is 5.75 Å². The lowest BCUT2D eigenvalue weighted by molar-refractivity contribution is 0.0781. The number of carbonyl (C=O) groups is 1. The van der Waals surface area contributed by atoms with Crippen LogP contribution in [0.5, 0.6) is 5.75 Å². The Bertz CT molecular complexity index is 431. The van der Waals surface area contributed by atoms with Gasteiger partial charge >= 0.3 is 0 Å². The third-order valence-corrected chi connectivity index (χ3v) is 4.23. The molecule has 2 nitrogen and oxygen atoms in total. The van der Waals surface area contributed by atoms with Crippen LogP contribution in [0.4, 0.5) is 0 Å². The van der Waals surface area contributed by atoms with Gasteiger partial charge in [-0.25, -0.2) is 0 Å². The van der Waals surface area contributed by atoms with E-state index in [4.69, 9.17) is 4.74 Å². The fourth-order valence-electron chi connectivity index (χ4n) is 3.26. The zero-order valence-electron chi connectivity index (χ0n) is 10.1. The molecule has 0 N–H and O–H groups in total.